The number of primary amides is 1. The van der Waals surface area contributed by atoms with Crippen molar-refractivity contribution in [1.29, 1.82) is 0 Å². The zero-order valence-corrected chi connectivity index (χ0v) is 24.8. The standard InChI is InChI=1S/C33H36N6O7/c34-24(17-29(35)41)30(42)37-26(14-20-10-12-22(40)13-11-20)31(43)38-27(16-21-18-36-25-9-5-4-8-23(21)25)32(44)39-28(33(45)46)15-19-6-2-1-3-7-19/h1-13,18,24,26-28,36,40H,14-17,34H2,(H2,35,41)(H,37,42)(H,38,43)(H,39,44)(H,45,46). The summed E-state index contributed by atoms with van der Waals surface area (Å²) < 4.78 is 0. The summed E-state index contributed by atoms with van der Waals surface area (Å²) in [4.78, 5) is 67.0. The van der Waals surface area contributed by atoms with Gasteiger partial charge in [-0.25, -0.2) is 4.79 Å². The van der Waals surface area contributed by atoms with E-state index in [0.29, 0.717) is 16.7 Å². The second-order valence-corrected chi connectivity index (χ2v) is 10.9. The van der Waals surface area contributed by atoms with Gasteiger partial charge in [-0.15, -0.1) is 0 Å². The molecule has 0 radical (unpaired) electrons. The zero-order valence-electron chi connectivity index (χ0n) is 24.8. The highest BCUT2D eigenvalue weighted by Crippen LogP contribution is 2.20. The highest BCUT2D eigenvalue weighted by atomic mass is 16.4. The van der Waals surface area contributed by atoms with Crippen molar-refractivity contribution in [2.45, 2.75) is 49.9 Å². The third kappa shape index (κ3) is 9.16. The number of carbonyl (C=O) groups excluding carboxylic acids is 4. The van der Waals surface area contributed by atoms with Crippen LogP contribution in [-0.4, -0.2) is 69.0 Å². The van der Waals surface area contributed by atoms with E-state index in [-0.39, 0.29) is 25.0 Å². The molecule has 0 saturated carbocycles. The number of nitrogens with one attached hydrogen (secondary N) is 4. The molecular formula is C33H36N6O7. The van der Waals surface area contributed by atoms with E-state index in [1.165, 1.54) is 12.1 Å². The summed E-state index contributed by atoms with van der Waals surface area (Å²) in [5.41, 5.74) is 13.7. The topological polar surface area (TPSA) is 230 Å². The largest absolute Gasteiger partial charge is 0.508 e. The smallest absolute Gasteiger partial charge is 0.326 e. The van der Waals surface area contributed by atoms with Gasteiger partial charge in [-0.1, -0.05) is 60.7 Å². The molecule has 240 valence electrons. The van der Waals surface area contributed by atoms with Gasteiger partial charge in [0.05, 0.1) is 12.5 Å². The van der Waals surface area contributed by atoms with Gasteiger partial charge in [-0.2, -0.15) is 0 Å². The van der Waals surface area contributed by atoms with Gasteiger partial charge >= 0.3 is 5.97 Å². The van der Waals surface area contributed by atoms with Gasteiger partial charge in [-0.3, -0.25) is 19.2 Å². The number of aromatic hydroxyl groups is 1. The molecule has 4 atom stereocenters. The second-order valence-electron chi connectivity index (χ2n) is 10.9. The average Bonchev–Trinajstić information content (AvgIpc) is 3.43. The maximum Gasteiger partial charge on any atom is 0.326 e. The summed E-state index contributed by atoms with van der Waals surface area (Å²) in [6, 6.07) is 17.0. The maximum absolute atomic E-state index is 13.8. The third-order valence-corrected chi connectivity index (χ3v) is 7.40. The number of carboxylic acids is 1. The Hall–Kier alpha value is -5.69. The average molecular weight is 629 g/mol. The van der Waals surface area contributed by atoms with Gasteiger partial charge in [0, 0.05) is 36.4 Å². The summed E-state index contributed by atoms with van der Waals surface area (Å²) in [6.07, 6.45) is 1.18. The predicted octanol–water partition coefficient (Wildman–Crippen LogP) is 0.643. The molecule has 0 bridgehead atoms. The number of fused-ring (bicyclic) bond motifs is 1. The molecule has 46 heavy (non-hydrogen) atoms. The van der Waals surface area contributed by atoms with Crippen LogP contribution in [0.15, 0.2) is 85.1 Å². The minimum absolute atomic E-state index is 0.00350. The van der Waals surface area contributed by atoms with Gasteiger partial charge in [0.15, 0.2) is 0 Å². The van der Waals surface area contributed by atoms with Crippen LogP contribution in [0.2, 0.25) is 0 Å². The van der Waals surface area contributed by atoms with E-state index in [4.69, 9.17) is 11.5 Å². The number of rotatable bonds is 15. The molecule has 3 aromatic carbocycles. The number of benzene rings is 3. The van der Waals surface area contributed by atoms with Crippen LogP contribution in [0.1, 0.15) is 23.1 Å². The van der Waals surface area contributed by atoms with Crippen molar-refractivity contribution >= 4 is 40.5 Å². The van der Waals surface area contributed by atoms with Crippen LogP contribution < -0.4 is 27.4 Å². The minimum Gasteiger partial charge on any atom is -0.508 e. The van der Waals surface area contributed by atoms with Gasteiger partial charge < -0.3 is 42.6 Å². The highest BCUT2D eigenvalue weighted by Gasteiger charge is 2.31. The quantitative estimate of drug-likeness (QED) is 0.0929. The number of carbonyl (C=O) groups is 5. The molecule has 0 aliphatic heterocycles. The molecule has 4 unspecified atom stereocenters. The summed E-state index contributed by atoms with van der Waals surface area (Å²) in [7, 11) is 0. The van der Waals surface area contributed by atoms with Gasteiger partial charge in [0.25, 0.3) is 0 Å². The molecule has 1 heterocycles. The fourth-order valence-corrected chi connectivity index (χ4v) is 4.99. The predicted molar refractivity (Wildman–Crippen MR) is 169 cm³/mol. The van der Waals surface area contributed by atoms with E-state index < -0.39 is 60.2 Å². The summed E-state index contributed by atoms with van der Waals surface area (Å²) in [5.74, 6) is -4.39. The first-order valence-electron chi connectivity index (χ1n) is 14.5. The number of aromatic nitrogens is 1. The van der Waals surface area contributed by atoms with E-state index in [0.717, 1.165) is 10.9 Å². The number of carboxylic acid groups (broad SMARTS) is 1. The van der Waals surface area contributed by atoms with Gasteiger partial charge in [0.2, 0.25) is 23.6 Å². The van der Waals surface area contributed by atoms with E-state index in [1.807, 2.05) is 24.3 Å². The number of aromatic amines is 1. The molecule has 1 aromatic heterocycles. The van der Waals surface area contributed by atoms with Crippen molar-refractivity contribution in [2.24, 2.45) is 11.5 Å². The van der Waals surface area contributed by atoms with Crippen molar-refractivity contribution < 1.29 is 34.2 Å². The van der Waals surface area contributed by atoms with Crippen LogP contribution in [0, 0.1) is 0 Å². The van der Waals surface area contributed by atoms with Crippen LogP contribution in [-0.2, 0) is 43.2 Å². The van der Waals surface area contributed by atoms with Crippen LogP contribution in [0.5, 0.6) is 5.75 Å². The monoisotopic (exact) mass is 628 g/mol. The van der Waals surface area contributed by atoms with Gasteiger partial charge in [0.1, 0.15) is 23.9 Å². The SMILES string of the molecule is NC(=O)CC(N)C(=O)NC(Cc1ccc(O)cc1)C(=O)NC(Cc1c[nH]c2ccccc12)C(=O)NC(Cc1ccccc1)C(=O)O. The molecule has 0 aliphatic rings. The molecule has 0 fully saturated rings. The minimum atomic E-state index is -1.33. The van der Waals surface area contributed by atoms with Crippen molar-refractivity contribution in [2.75, 3.05) is 0 Å². The summed E-state index contributed by atoms with van der Waals surface area (Å²) in [5, 5.41) is 28.2. The van der Waals surface area contributed by atoms with Crippen molar-refractivity contribution in [3.05, 3.63) is 102 Å². The first-order chi connectivity index (χ1) is 22.0. The normalized spacial score (nSPS) is 13.6. The number of aliphatic carboxylic acids is 1. The maximum atomic E-state index is 13.8. The first kappa shape index (κ1) is 33.2. The molecule has 4 aromatic rings. The molecule has 4 rings (SSSR count). The molecule has 4 amide bonds. The number of hydrogen-bond acceptors (Lipinski definition) is 7. The molecule has 10 N–H and O–H groups in total. The Morgan fingerprint density at radius 3 is 1.89 bits per heavy atom. The lowest BCUT2D eigenvalue weighted by molar-refractivity contribution is -0.142. The van der Waals surface area contributed by atoms with E-state index in [9.17, 15) is 34.2 Å². The fraction of sp³-hybridized carbons (Fsp3) is 0.242. The van der Waals surface area contributed by atoms with Crippen molar-refractivity contribution in [1.82, 2.24) is 20.9 Å². The fourth-order valence-electron chi connectivity index (χ4n) is 4.99. The molecule has 0 spiro atoms. The molecular weight excluding hydrogens is 592 g/mol. The Labute approximate surface area is 264 Å². The molecule has 13 nitrogen and oxygen atoms in total. The Morgan fingerprint density at radius 2 is 1.24 bits per heavy atom. The Morgan fingerprint density at radius 1 is 0.696 bits per heavy atom. The summed E-state index contributed by atoms with van der Waals surface area (Å²) >= 11 is 0. The van der Waals surface area contributed by atoms with Crippen molar-refractivity contribution in [3.8, 4) is 5.75 Å². The highest BCUT2D eigenvalue weighted by molar-refractivity contribution is 5.95. The van der Waals surface area contributed by atoms with Crippen LogP contribution in [0.3, 0.4) is 0 Å². The number of para-hydroxylation sites is 1. The van der Waals surface area contributed by atoms with Crippen LogP contribution in [0.25, 0.3) is 10.9 Å². The third-order valence-electron chi connectivity index (χ3n) is 7.40. The molecule has 0 aliphatic carbocycles. The lowest BCUT2D eigenvalue weighted by Crippen LogP contribution is -2.58. The van der Waals surface area contributed by atoms with Crippen LogP contribution >= 0.6 is 0 Å². The Kier molecular flexibility index (Phi) is 11.1. The first-order valence-corrected chi connectivity index (χ1v) is 14.5. The lowest BCUT2D eigenvalue weighted by atomic mass is 10.0. The number of phenolic OH excluding ortho intramolecular Hbond substituents is 1. The zero-order chi connectivity index (χ0) is 33.2. The Bertz CT molecular complexity index is 1690. The number of amides is 4. The van der Waals surface area contributed by atoms with E-state index >= 15 is 0 Å². The lowest BCUT2D eigenvalue weighted by Gasteiger charge is -2.25. The van der Waals surface area contributed by atoms with Gasteiger partial charge in [-0.05, 0) is 34.9 Å². The molecule has 0 saturated heterocycles. The second kappa shape index (κ2) is 15.3. The number of nitrogens with two attached hydrogens (primary N) is 2. The number of phenols is 1. The molecule has 13 heteroatoms. The summed E-state index contributed by atoms with van der Waals surface area (Å²) in [6.45, 7) is 0. The number of H-pyrrole nitrogens is 1. The number of hydrogen-bond donors (Lipinski definition) is 8. The van der Waals surface area contributed by atoms with E-state index in [2.05, 4.69) is 20.9 Å². The van der Waals surface area contributed by atoms with Crippen LogP contribution in [0.4, 0.5) is 0 Å². The Balaban J connectivity index is 1.61. The van der Waals surface area contributed by atoms with Crippen molar-refractivity contribution in [3.63, 3.8) is 0 Å². The van der Waals surface area contributed by atoms with E-state index in [1.54, 1.807) is 48.7 Å².